The van der Waals surface area contributed by atoms with E-state index in [0.717, 1.165) is 0 Å². The van der Waals surface area contributed by atoms with Crippen LogP contribution < -0.4 is 0 Å². The van der Waals surface area contributed by atoms with Crippen molar-refractivity contribution in [3.05, 3.63) is 23.8 Å². The van der Waals surface area contributed by atoms with Gasteiger partial charge in [0.25, 0.3) is 0 Å². The van der Waals surface area contributed by atoms with Crippen LogP contribution in [0.4, 0.5) is 0 Å². The Labute approximate surface area is 71.7 Å². The first-order chi connectivity index (χ1) is 5.79. The van der Waals surface area contributed by atoms with Gasteiger partial charge in [0.05, 0.1) is 13.7 Å². The fourth-order valence-electron chi connectivity index (χ4n) is 1.18. The van der Waals surface area contributed by atoms with E-state index in [1.54, 1.807) is 13.2 Å². The molecule has 1 aliphatic rings. The third kappa shape index (κ3) is 1.74. The summed E-state index contributed by atoms with van der Waals surface area (Å²) in [5.41, 5.74) is 0.666. The Kier molecular flexibility index (Phi) is 3.05. The van der Waals surface area contributed by atoms with Gasteiger partial charge in [-0.05, 0) is 0 Å². The van der Waals surface area contributed by atoms with Crippen LogP contribution in [0.2, 0.25) is 0 Å². The number of rotatable bonds is 3. The minimum atomic E-state index is -0.276. The number of ether oxygens (including phenoxy) is 2. The maximum Gasteiger partial charge on any atom is 0.334 e. The van der Waals surface area contributed by atoms with E-state index >= 15 is 0 Å². The molecule has 1 atom stereocenters. The number of carbonyl (C=O) groups is 1. The van der Waals surface area contributed by atoms with E-state index in [4.69, 9.17) is 4.74 Å². The Morgan fingerprint density at radius 2 is 2.33 bits per heavy atom. The van der Waals surface area contributed by atoms with Crippen LogP contribution >= 0.6 is 0 Å². The van der Waals surface area contributed by atoms with Crippen molar-refractivity contribution < 1.29 is 14.3 Å². The van der Waals surface area contributed by atoms with Gasteiger partial charge >= 0.3 is 5.97 Å². The lowest BCUT2D eigenvalue weighted by molar-refractivity contribution is -0.136. The molecule has 0 aliphatic heterocycles. The monoisotopic (exact) mass is 168 g/mol. The summed E-state index contributed by atoms with van der Waals surface area (Å²) in [6, 6.07) is 0. The van der Waals surface area contributed by atoms with E-state index in [0.29, 0.717) is 12.2 Å². The van der Waals surface area contributed by atoms with Crippen molar-refractivity contribution in [2.45, 2.75) is 0 Å². The lowest BCUT2D eigenvalue weighted by Crippen LogP contribution is -2.14. The van der Waals surface area contributed by atoms with Crippen LogP contribution in [-0.4, -0.2) is 26.8 Å². The van der Waals surface area contributed by atoms with Crippen molar-refractivity contribution in [3.8, 4) is 0 Å². The number of hydrogen-bond donors (Lipinski definition) is 0. The SMILES string of the molecule is COCC1C=CC=C1C(=O)OC. The molecule has 0 heterocycles. The van der Waals surface area contributed by atoms with Crippen molar-refractivity contribution in [1.29, 1.82) is 0 Å². The van der Waals surface area contributed by atoms with E-state index in [1.165, 1.54) is 7.11 Å². The second kappa shape index (κ2) is 4.07. The van der Waals surface area contributed by atoms with Gasteiger partial charge in [0.1, 0.15) is 0 Å². The Morgan fingerprint density at radius 3 is 2.92 bits per heavy atom. The maximum absolute atomic E-state index is 11.1. The zero-order chi connectivity index (χ0) is 8.97. The third-order valence-electron chi connectivity index (χ3n) is 1.79. The Hall–Kier alpha value is -1.09. The Bertz CT molecular complexity index is 228. The van der Waals surface area contributed by atoms with Crippen LogP contribution in [0.15, 0.2) is 23.8 Å². The molecule has 0 aromatic rings. The van der Waals surface area contributed by atoms with Gasteiger partial charge in [-0.3, -0.25) is 0 Å². The standard InChI is InChI=1S/C9H12O3/c1-11-6-7-4-3-5-8(7)9(10)12-2/h3-5,7H,6H2,1-2H3. The third-order valence-corrected chi connectivity index (χ3v) is 1.79. The smallest absolute Gasteiger partial charge is 0.334 e. The molecule has 0 radical (unpaired) electrons. The molecule has 0 spiro atoms. The molecule has 3 heteroatoms. The van der Waals surface area contributed by atoms with Gasteiger partial charge in [0.2, 0.25) is 0 Å². The summed E-state index contributed by atoms with van der Waals surface area (Å²) < 4.78 is 9.56. The second-order valence-electron chi connectivity index (χ2n) is 2.56. The molecule has 1 unspecified atom stereocenters. The van der Waals surface area contributed by atoms with E-state index in [9.17, 15) is 4.79 Å². The average molecular weight is 168 g/mol. The maximum atomic E-state index is 11.1. The van der Waals surface area contributed by atoms with Crippen LogP contribution in [0, 0.1) is 5.92 Å². The highest BCUT2D eigenvalue weighted by atomic mass is 16.5. The summed E-state index contributed by atoms with van der Waals surface area (Å²) in [4.78, 5) is 11.1. The van der Waals surface area contributed by atoms with Crippen molar-refractivity contribution in [1.82, 2.24) is 0 Å². The summed E-state index contributed by atoms with van der Waals surface area (Å²) in [6.45, 7) is 0.525. The van der Waals surface area contributed by atoms with Crippen LogP contribution in [-0.2, 0) is 14.3 Å². The van der Waals surface area contributed by atoms with E-state index in [1.807, 2.05) is 12.2 Å². The zero-order valence-corrected chi connectivity index (χ0v) is 7.24. The first-order valence-corrected chi connectivity index (χ1v) is 3.75. The molecule has 1 aliphatic carbocycles. The van der Waals surface area contributed by atoms with Gasteiger partial charge < -0.3 is 9.47 Å². The number of hydrogen-bond acceptors (Lipinski definition) is 3. The molecule has 0 saturated heterocycles. The van der Waals surface area contributed by atoms with E-state index < -0.39 is 0 Å². The van der Waals surface area contributed by atoms with Gasteiger partial charge in [-0.15, -0.1) is 0 Å². The molecule has 0 amide bonds. The van der Waals surface area contributed by atoms with Gasteiger partial charge in [0, 0.05) is 18.6 Å². The quantitative estimate of drug-likeness (QED) is 0.588. The van der Waals surface area contributed by atoms with Crippen LogP contribution in [0.5, 0.6) is 0 Å². The number of allylic oxidation sites excluding steroid dienone is 2. The van der Waals surface area contributed by atoms with Crippen LogP contribution in [0.25, 0.3) is 0 Å². The summed E-state index contributed by atoms with van der Waals surface area (Å²) in [7, 11) is 2.99. The molecule has 0 saturated carbocycles. The lowest BCUT2D eigenvalue weighted by Gasteiger charge is -2.09. The normalized spacial score (nSPS) is 20.8. The predicted octanol–water partition coefficient (Wildman–Crippen LogP) is 0.918. The molecule has 0 bridgehead atoms. The van der Waals surface area contributed by atoms with Gasteiger partial charge in [-0.25, -0.2) is 4.79 Å². The Balaban J connectivity index is 2.60. The summed E-state index contributed by atoms with van der Waals surface area (Å²) in [5, 5.41) is 0. The number of methoxy groups -OCH3 is 2. The molecule has 12 heavy (non-hydrogen) atoms. The summed E-state index contributed by atoms with van der Waals surface area (Å²) in [5.74, 6) is -0.218. The second-order valence-corrected chi connectivity index (χ2v) is 2.56. The van der Waals surface area contributed by atoms with Crippen LogP contribution in [0.3, 0.4) is 0 Å². The van der Waals surface area contributed by atoms with Crippen LogP contribution in [0.1, 0.15) is 0 Å². The fourth-order valence-corrected chi connectivity index (χ4v) is 1.18. The first-order valence-electron chi connectivity index (χ1n) is 3.75. The van der Waals surface area contributed by atoms with Crippen molar-refractivity contribution in [3.63, 3.8) is 0 Å². The number of carbonyl (C=O) groups excluding carboxylic acids is 1. The molecule has 0 N–H and O–H groups in total. The van der Waals surface area contributed by atoms with E-state index in [-0.39, 0.29) is 11.9 Å². The molecular formula is C9H12O3. The summed E-state index contributed by atoms with van der Waals surface area (Å²) >= 11 is 0. The minimum absolute atomic E-state index is 0.0578. The predicted molar refractivity (Wildman–Crippen MR) is 44.6 cm³/mol. The largest absolute Gasteiger partial charge is 0.466 e. The highest BCUT2D eigenvalue weighted by Gasteiger charge is 2.21. The fraction of sp³-hybridized carbons (Fsp3) is 0.444. The lowest BCUT2D eigenvalue weighted by atomic mass is 10.0. The molecule has 0 aromatic carbocycles. The molecule has 66 valence electrons. The van der Waals surface area contributed by atoms with Crippen molar-refractivity contribution in [2.24, 2.45) is 5.92 Å². The molecule has 0 aromatic heterocycles. The van der Waals surface area contributed by atoms with Gasteiger partial charge in [-0.1, -0.05) is 18.2 Å². The molecule has 1 rings (SSSR count). The van der Waals surface area contributed by atoms with Gasteiger partial charge in [-0.2, -0.15) is 0 Å². The molecular weight excluding hydrogens is 156 g/mol. The summed E-state index contributed by atoms with van der Waals surface area (Å²) in [6.07, 6.45) is 5.53. The Morgan fingerprint density at radius 1 is 1.58 bits per heavy atom. The van der Waals surface area contributed by atoms with Gasteiger partial charge in [0.15, 0.2) is 0 Å². The highest BCUT2D eigenvalue weighted by molar-refractivity contribution is 5.90. The van der Waals surface area contributed by atoms with Crippen molar-refractivity contribution >= 4 is 5.97 Å². The number of esters is 1. The molecule has 0 fully saturated rings. The zero-order valence-electron chi connectivity index (χ0n) is 7.24. The topological polar surface area (TPSA) is 35.5 Å². The first kappa shape index (κ1) is 9.00. The van der Waals surface area contributed by atoms with Crippen molar-refractivity contribution in [2.75, 3.05) is 20.8 Å². The highest BCUT2D eigenvalue weighted by Crippen LogP contribution is 2.20. The average Bonchev–Trinajstić information content (AvgIpc) is 2.52. The molecule has 3 nitrogen and oxygen atoms in total. The van der Waals surface area contributed by atoms with E-state index in [2.05, 4.69) is 4.74 Å². The minimum Gasteiger partial charge on any atom is -0.466 e.